The van der Waals surface area contributed by atoms with Crippen molar-refractivity contribution in [3.8, 4) is 0 Å². The van der Waals surface area contributed by atoms with Gasteiger partial charge in [-0.1, -0.05) is 20.8 Å². The number of pyridine rings is 1. The van der Waals surface area contributed by atoms with E-state index in [1.165, 1.54) is 0 Å². The summed E-state index contributed by atoms with van der Waals surface area (Å²) in [5.74, 6) is 0. The topological polar surface area (TPSA) is 87.4 Å². The molecule has 7 nitrogen and oxygen atoms in total. The molecule has 1 amide bonds. The molecule has 0 fully saturated rings. The summed E-state index contributed by atoms with van der Waals surface area (Å²) in [5.41, 5.74) is 2.70. The molecule has 3 rings (SSSR count). The number of nitrogens with zero attached hydrogens (tertiary/aromatic N) is 1. The molecule has 2 N–H and O–H groups in total. The molecule has 0 saturated heterocycles. The van der Waals surface area contributed by atoms with Crippen molar-refractivity contribution >= 4 is 14.4 Å². The van der Waals surface area contributed by atoms with Gasteiger partial charge in [0.05, 0.1) is 6.61 Å². The molecule has 0 aliphatic carbocycles. The first-order chi connectivity index (χ1) is 14.7. The Balaban J connectivity index is 1.96. The monoisotopic (exact) mass is 459 g/mol. The highest BCUT2D eigenvalue weighted by Crippen LogP contribution is 2.37. The van der Waals surface area contributed by atoms with Crippen LogP contribution in [0.2, 0.25) is 18.1 Å². The normalized spacial score (nSPS) is 17.2. The standard InChI is InChI=1S/C24H37N3O4Si/c1-23(2,3)31-22(29)27-12-10-19-18(9-11-25-19)21(27)20-14-17(28)13-16(26-20)15-30-32(7,8)24(4,5)6/h9,11,13-14,21,25H,10,12,15H2,1-8H3,(H,26,28). The third kappa shape index (κ3) is 5.35. The minimum absolute atomic E-state index is 0.0712. The van der Waals surface area contributed by atoms with Gasteiger partial charge in [0, 0.05) is 53.9 Å². The molecular weight excluding hydrogens is 422 g/mol. The molecule has 1 unspecified atom stereocenters. The van der Waals surface area contributed by atoms with E-state index in [0.29, 0.717) is 31.0 Å². The zero-order valence-electron chi connectivity index (χ0n) is 20.6. The molecular formula is C24H37N3O4Si. The number of aromatic amines is 2. The molecule has 0 spiro atoms. The number of H-pyrrole nitrogens is 2. The number of rotatable bonds is 4. The summed E-state index contributed by atoms with van der Waals surface area (Å²) in [6, 6.07) is 4.68. The van der Waals surface area contributed by atoms with Crippen LogP contribution in [-0.2, 0) is 22.2 Å². The van der Waals surface area contributed by atoms with Crippen LogP contribution in [0.1, 0.15) is 70.2 Å². The fraction of sp³-hybridized carbons (Fsp3) is 0.583. The second-order valence-corrected chi connectivity index (χ2v) is 15.9. The van der Waals surface area contributed by atoms with E-state index in [9.17, 15) is 9.59 Å². The molecule has 2 aromatic heterocycles. The van der Waals surface area contributed by atoms with Crippen molar-refractivity contribution in [3.63, 3.8) is 0 Å². The van der Waals surface area contributed by atoms with E-state index in [4.69, 9.17) is 9.16 Å². The Morgan fingerprint density at radius 2 is 1.88 bits per heavy atom. The predicted molar refractivity (Wildman–Crippen MR) is 128 cm³/mol. The molecule has 8 heteroatoms. The fourth-order valence-corrected chi connectivity index (χ4v) is 4.54. The number of hydrogen-bond acceptors (Lipinski definition) is 4. The summed E-state index contributed by atoms with van der Waals surface area (Å²) in [6.07, 6.45) is 2.19. The maximum absolute atomic E-state index is 13.0. The number of carbonyl (C=O) groups is 1. The molecule has 3 heterocycles. The lowest BCUT2D eigenvalue weighted by Gasteiger charge is -2.37. The largest absolute Gasteiger partial charge is 0.444 e. The highest BCUT2D eigenvalue weighted by Gasteiger charge is 2.38. The van der Waals surface area contributed by atoms with Gasteiger partial charge in [0.1, 0.15) is 11.6 Å². The van der Waals surface area contributed by atoms with Gasteiger partial charge < -0.3 is 19.1 Å². The first kappa shape index (κ1) is 24.3. The number of ether oxygens (including phenoxy) is 1. The highest BCUT2D eigenvalue weighted by atomic mass is 28.4. The van der Waals surface area contributed by atoms with Crippen LogP contribution in [0.15, 0.2) is 29.2 Å². The molecule has 2 aromatic rings. The van der Waals surface area contributed by atoms with Crippen molar-refractivity contribution in [3.05, 3.63) is 57.3 Å². The quantitative estimate of drug-likeness (QED) is 0.622. The minimum Gasteiger partial charge on any atom is -0.444 e. The summed E-state index contributed by atoms with van der Waals surface area (Å²) < 4.78 is 12.0. The third-order valence-electron chi connectivity index (χ3n) is 6.31. The smallest absolute Gasteiger partial charge is 0.411 e. The Bertz CT molecular complexity index is 1030. The summed E-state index contributed by atoms with van der Waals surface area (Å²) in [7, 11) is -1.98. The van der Waals surface area contributed by atoms with Crippen LogP contribution in [0.25, 0.3) is 0 Å². The van der Waals surface area contributed by atoms with Crippen LogP contribution < -0.4 is 5.43 Å². The average molecular weight is 460 g/mol. The number of fused-ring (bicyclic) bond motifs is 1. The van der Waals surface area contributed by atoms with E-state index in [2.05, 4.69) is 43.8 Å². The van der Waals surface area contributed by atoms with Crippen LogP contribution in [-0.4, -0.2) is 41.4 Å². The summed E-state index contributed by atoms with van der Waals surface area (Å²) in [5, 5.41) is 0.0712. The van der Waals surface area contributed by atoms with Crippen LogP contribution in [0.3, 0.4) is 0 Å². The van der Waals surface area contributed by atoms with E-state index in [-0.39, 0.29) is 10.5 Å². The molecule has 0 aromatic carbocycles. The lowest BCUT2D eigenvalue weighted by molar-refractivity contribution is 0.0174. The van der Waals surface area contributed by atoms with Gasteiger partial charge in [-0.05, 0) is 45.0 Å². The molecule has 1 aliphatic heterocycles. The highest BCUT2D eigenvalue weighted by molar-refractivity contribution is 6.74. The van der Waals surface area contributed by atoms with Crippen LogP contribution in [0, 0.1) is 0 Å². The van der Waals surface area contributed by atoms with E-state index in [1.54, 1.807) is 17.0 Å². The van der Waals surface area contributed by atoms with Crippen molar-refractivity contribution in [1.82, 2.24) is 14.9 Å². The molecule has 0 radical (unpaired) electrons. The first-order valence-electron chi connectivity index (χ1n) is 11.2. The van der Waals surface area contributed by atoms with Gasteiger partial charge >= 0.3 is 6.09 Å². The Morgan fingerprint density at radius 3 is 2.50 bits per heavy atom. The number of aromatic nitrogens is 2. The Hall–Kier alpha value is -2.32. The predicted octanol–water partition coefficient (Wildman–Crippen LogP) is 5.11. The Labute approximate surface area is 191 Å². The fourth-order valence-electron chi connectivity index (χ4n) is 3.59. The zero-order chi connectivity index (χ0) is 23.9. The second-order valence-electron chi connectivity index (χ2n) is 11.1. The van der Waals surface area contributed by atoms with Gasteiger partial charge in [-0.2, -0.15) is 0 Å². The first-order valence-corrected chi connectivity index (χ1v) is 14.1. The third-order valence-corrected chi connectivity index (χ3v) is 10.8. The SMILES string of the molecule is CC(C)(C)OC(=O)N1CCc2[nH]ccc2C1c1cc(=O)cc(CO[Si](C)(C)C(C)(C)C)[nH]1. The zero-order valence-corrected chi connectivity index (χ0v) is 21.6. The lowest BCUT2D eigenvalue weighted by atomic mass is 9.96. The van der Waals surface area contributed by atoms with Crippen LogP contribution in [0.4, 0.5) is 4.79 Å². The van der Waals surface area contributed by atoms with Gasteiger partial charge in [-0.25, -0.2) is 4.79 Å². The molecule has 1 aliphatic rings. The Kier molecular flexibility index (Phi) is 6.50. The number of hydrogen-bond donors (Lipinski definition) is 2. The van der Waals surface area contributed by atoms with Gasteiger partial charge in [0.2, 0.25) is 0 Å². The van der Waals surface area contributed by atoms with Crippen molar-refractivity contribution in [2.24, 2.45) is 0 Å². The van der Waals surface area contributed by atoms with Crippen molar-refractivity contribution in [2.75, 3.05) is 6.54 Å². The molecule has 176 valence electrons. The summed E-state index contributed by atoms with van der Waals surface area (Å²) >= 11 is 0. The minimum atomic E-state index is -1.98. The maximum atomic E-state index is 13.0. The van der Waals surface area contributed by atoms with Gasteiger partial charge in [-0.3, -0.25) is 9.69 Å². The second kappa shape index (κ2) is 8.55. The molecule has 1 atom stereocenters. The average Bonchev–Trinajstić information content (AvgIpc) is 3.11. The van der Waals surface area contributed by atoms with Gasteiger partial charge in [0.15, 0.2) is 13.7 Å². The summed E-state index contributed by atoms with van der Waals surface area (Å²) in [4.78, 5) is 34.0. The Morgan fingerprint density at radius 1 is 1.19 bits per heavy atom. The number of nitrogens with one attached hydrogen (secondary N) is 2. The van der Waals surface area contributed by atoms with Crippen LogP contribution in [0.5, 0.6) is 0 Å². The number of amides is 1. The molecule has 32 heavy (non-hydrogen) atoms. The van der Waals surface area contributed by atoms with E-state index in [1.807, 2.05) is 33.0 Å². The maximum Gasteiger partial charge on any atom is 0.411 e. The van der Waals surface area contributed by atoms with Crippen molar-refractivity contribution < 1.29 is 14.0 Å². The van der Waals surface area contributed by atoms with E-state index < -0.39 is 26.1 Å². The lowest BCUT2D eigenvalue weighted by Crippen LogP contribution is -2.44. The van der Waals surface area contributed by atoms with Crippen molar-refractivity contribution in [1.29, 1.82) is 0 Å². The van der Waals surface area contributed by atoms with E-state index in [0.717, 1.165) is 11.3 Å². The molecule has 0 saturated carbocycles. The van der Waals surface area contributed by atoms with Crippen LogP contribution >= 0.6 is 0 Å². The summed E-state index contributed by atoms with van der Waals surface area (Å²) in [6.45, 7) is 17.3. The number of carbonyl (C=O) groups excluding carboxylic acids is 1. The van der Waals surface area contributed by atoms with E-state index >= 15 is 0 Å². The van der Waals surface area contributed by atoms with Gasteiger partial charge in [0.25, 0.3) is 0 Å². The van der Waals surface area contributed by atoms with Gasteiger partial charge in [-0.15, -0.1) is 0 Å². The van der Waals surface area contributed by atoms with Crippen molar-refractivity contribution in [2.45, 2.75) is 84.3 Å². The molecule has 0 bridgehead atoms.